The van der Waals surface area contributed by atoms with E-state index in [9.17, 15) is 26.3 Å². The van der Waals surface area contributed by atoms with Crippen molar-refractivity contribution in [3.8, 4) is 11.5 Å². The fraction of sp³-hybridized carbons (Fsp3) is 0.296. The van der Waals surface area contributed by atoms with Crippen molar-refractivity contribution in [2.24, 2.45) is 0 Å². The van der Waals surface area contributed by atoms with Gasteiger partial charge in [-0.05, 0) is 18.2 Å². The number of methoxy groups -OCH3 is 2. The van der Waals surface area contributed by atoms with E-state index in [1.54, 1.807) is 29.2 Å². The molecule has 8 nitrogen and oxygen atoms in total. The first-order valence-electron chi connectivity index (χ1n) is 12.4. The monoisotopic (exact) mass is 578 g/mol. The van der Waals surface area contributed by atoms with Crippen LogP contribution < -0.4 is 24.6 Å². The van der Waals surface area contributed by atoms with Crippen molar-refractivity contribution in [2.45, 2.75) is 12.4 Å². The fourth-order valence-electron chi connectivity index (χ4n) is 4.57. The number of rotatable bonds is 6. The third kappa shape index (κ3) is 6.15. The number of anilines is 4. The van der Waals surface area contributed by atoms with Gasteiger partial charge in [-0.3, -0.25) is 4.98 Å². The predicted octanol–water partition coefficient (Wildman–Crippen LogP) is 6.15. The highest BCUT2D eigenvalue weighted by Gasteiger charge is 2.35. The van der Waals surface area contributed by atoms with Gasteiger partial charge in [0.25, 0.3) is 0 Å². The second-order valence-corrected chi connectivity index (χ2v) is 9.19. The van der Waals surface area contributed by atoms with Gasteiger partial charge in [0.1, 0.15) is 17.3 Å². The molecule has 1 aliphatic heterocycles. The van der Waals surface area contributed by atoms with E-state index in [0.717, 1.165) is 18.2 Å². The Kier molecular flexibility index (Phi) is 7.41. The second-order valence-electron chi connectivity index (χ2n) is 9.19. The number of piperazine rings is 1. The number of ether oxygens (including phenoxy) is 2. The van der Waals surface area contributed by atoms with E-state index in [1.165, 1.54) is 26.5 Å². The molecule has 5 rings (SSSR count). The normalized spacial score (nSPS) is 14.3. The number of halogens is 6. The van der Waals surface area contributed by atoms with Crippen LogP contribution >= 0.6 is 0 Å². The molecule has 0 unspecified atom stereocenters. The molecule has 3 heterocycles. The second kappa shape index (κ2) is 10.8. The number of aromatic nitrogens is 3. The molecule has 0 amide bonds. The van der Waals surface area contributed by atoms with Crippen molar-refractivity contribution in [1.82, 2.24) is 15.0 Å². The van der Waals surface area contributed by atoms with Crippen LogP contribution in [0.3, 0.4) is 0 Å². The Morgan fingerprint density at radius 1 is 0.756 bits per heavy atom. The van der Waals surface area contributed by atoms with Gasteiger partial charge < -0.3 is 24.6 Å². The zero-order valence-electron chi connectivity index (χ0n) is 21.8. The number of alkyl halides is 6. The standard InChI is InChI=1S/C27H24F6N6O2/c1-40-18-12-17(13-19(14-18)41-2)35-25-36-23(27(31,32)33)15-24(37-25)39-9-7-38(8-10-39)22-5-6-34-21-11-16(26(28,29)30)3-4-20(21)22/h3-6,11-15H,7-10H2,1-2H3,(H,35,36,37). The average molecular weight is 579 g/mol. The summed E-state index contributed by atoms with van der Waals surface area (Å²) < 4.78 is 91.2. The van der Waals surface area contributed by atoms with E-state index in [0.29, 0.717) is 54.4 Å². The molecule has 0 spiro atoms. The number of nitrogens with zero attached hydrogens (tertiary/aromatic N) is 5. The molecule has 2 aromatic heterocycles. The zero-order chi connectivity index (χ0) is 29.4. The van der Waals surface area contributed by atoms with Crippen LogP contribution in [0.25, 0.3) is 10.9 Å². The minimum Gasteiger partial charge on any atom is -0.497 e. The average Bonchev–Trinajstić information content (AvgIpc) is 2.95. The third-order valence-corrected chi connectivity index (χ3v) is 6.60. The Morgan fingerprint density at radius 3 is 2.02 bits per heavy atom. The highest BCUT2D eigenvalue weighted by molar-refractivity contribution is 5.92. The quantitative estimate of drug-likeness (QED) is 0.273. The van der Waals surface area contributed by atoms with Gasteiger partial charge >= 0.3 is 12.4 Å². The first-order chi connectivity index (χ1) is 19.4. The molecule has 1 saturated heterocycles. The molecule has 1 N–H and O–H groups in total. The molecular formula is C27H24F6N6O2. The van der Waals surface area contributed by atoms with Crippen LogP contribution in [-0.2, 0) is 12.4 Å². The minimum absolute atomic E-state index is 0.0822. The molecule has 0 atom stereocenters. The molecule has 0 aliphatic carbocycles. The van der Waals surface area contributed by atoms with Crippen molar-refractivity contribution < 1.29 is 35.8 Å². The zero-order valence-corrected chi connectivity index (χ0v) is 21.8. The molecule has 0 saturated carbocycles. The molecule has 0 bridgehead atoms. The van der Waals surface area contributed by atoms with E-state index in [4.69, 9.17) is 9.47 Å². The summed E-state index contributed by atoms with van der Waals surface area (Å²) in [5.41, 5.74) is -0.635. The maximum Gasteiger partial charge on any atom is 0.433 e. The van der Waals surface area contributed by atoms with E-state index in [1.807, 2.05) is 4.90 Å². The molecule has 1 aliphatic rings. The van der Waals surface area contributed by atoms with Crippen LogP contribution in [0.5, 0.6) is 11.5 Å². The van der Waals surface area contributed by atoms with Crippen LogP contribution in [0.2, 0.25) is 0 Å². The molecule has 1 fully saturated rings. The topological polar surface area (TPSA) is 75.6 Å². The lowest BCUT2D eigenvalue weighted by Crippen LogP contribution is -2.47. The maximum atomic E-state index is 13.8. The minimum atomic E-state index is -4.72. The molecule has 14 heteroatoms. The molecule has 216 valence electrons. The Balaban J connectivity index is 1.39. The van der Waals surface area contributed by atoms with Gasteiger partial charge in [0, 0.05) is 73.4 Å². The van der Waals surface area contributed by atoms with Crippen LogP contribution in [0.4, 0.5) is 49.5 Å². The SMILES string of the molecule is COc1cc(Nc2nc(N3CCN(c4ccnc5cc(C(F)(F)F)ccc45)CC3)cc(C(F)(F)F)n2)cc(OC)c1. The fourth-order valence-corrected chi connectivity index (χ4v) is 4.57. The number of nitrogens with one attached hydrogen (secondary N) is 1. The summed E-state index contributed by atoms with van der Waals surface area (Å²) in [6.07, 6.45) is -7.76. The van der Waals surface area contributed by atoms with Crippen molar-refractivity contribution in [1.29, 1.82) is 0 Å². The van der Waals surface area contributed by atoms with Crippen LogP contribution in [-0.4, -0.2) is 55.4 Å². The van der Waals surface area contributed by atoms with Crippen molar-refractivity contribution in [3.63, 3.8) is 0 Å². The van der Waals surface area contributed by atoms with Crippen molar-refractivity contribution >= 4 is 34.0 Å². The number of benzene rings is 2. The lowest BCUT2D eigenvalue weighted by atomic mass is 10.1. The molecule has 41 heavy (non-hydrogen) atoms. The Bertz CT molecular complexity index is 1530. The summed E-state index contributed by atoms with van der Waals surface area (Å²) in [7, 11) is 2.90. The van der Waals surface area contributed by atoms with Gasteiger partial charge in [0.15, 0.2) is 5.69 Å². The summed E-state index contributed by atoms with van der Waals surface area (Å²) in [5.74, 6) is 0.675. The Morgan fingerprint density at radius 2 is 1.41 bits per heavy atom. The smallest absolute Gasteiger partial charge is 0.433 e. The van der Waals surface area contributed by atoms with Crippen LogP contribution in [0.15, 0.2) is 54.7 Å². The van der Waals surface area contributed by atoms with Gasteiger partial charge in [-0.2, -0.15) is 31.3 Å². The number of hydrogen-bond acceptors (Lipinski definition) is 8. The number of fused-ring (bicyclic) bond motifs is 1. The summed E-state index contributed by atoms with van der Waals surface area (Å²) >= 11 is 0. The third-order valence-electron chi connectivity index (χ3n) is 6.60. The van der Waals surface area contributed by atoms with Crippen LogP contribution in [0, 0.1) is 0 Å². The van der Waals surface area contributed by atoms with Crippen molar-refractivity contribution in [3.05, 3.63) is 66.0 Å². The number of hydrogen-bond donors (Lipinski definition) is 1. The Labute approximate surface area is 230 Å². The maximum absolute atomic E-state index is 13.8. The van der Waals surface area contributed by atoms with Gasteiger partial charge in [-0.15, -0.1) is 0 Å². The predicted molar refractivity (Wildman–Crippen MR) is 141 cm³/mol. The Hall–Kier alpha value is -4.49. The first-order valence-corrected chi connectivity index (χ1v) is 12.4. The van der Waals surface area contributed by atoms with Crippen molar-refractivity contribution in [2.75, 3.05) is 55.5 Å². The van der Waals surface area contributed by atoms with E-state index < -0.39 is 23.6 Å². The first kappa shape index (κ1) is 28.1. The largest absolute Gasteiger partial charge is 0.497 e. The van der Waals surface area contributed by atoms with Gasteiger partial charge in [0.05, 0.1) is 25.3 Å². The lowest BCUT2D eigenvalue weighted by molar-refractivity contribution is -0.141. The lowest BCUT2D eigenvalue weighted by Gasteiger charge is -2.37. The molecule has 0 radical (unpaired) electrons. The van der Waals surface area contributed by atoms with Crippen LogP contribution in [0.1, 0.15) is 11.3 Å². The molecule has 4 aromatic rings. The summed E-state index contributed by atoms with van der Waals surface area (Å²) in [6, 6.07) is 10.8. The summed E-state index contributed by atoms with van der Waals surface area (Å²) in [5, 5.41) is 3.36. The summed E-state index contributed by atoms with van der Waals surface area (Å²) in [6.45, 7) is 1.40. The van der Waals surface area contributed by atoms with Gasteiger partial charge in [0.2, 0.25) is 5.95 Å². The molecule has 2 aromatic carbocycles. The highest BCUT2D eigenvalue weighted by Crippen LogP contribution is 2.35. The summed E-state index contributed by atoms with van der Waals surface area (Å²) in [4.78, 5) is 15.8. The van der Waals surface area contributed by atoms with E-state index in [-0.39, 0.29) is 17.3 Å². The molecular weight excluding hydrogens is 554 g/mol. The highest BCUT2D eigenvalue weighted by atomic mass is 19.4. The van der Waals surface area contributed by atoms with Gasteiger partial charge in [-0.25, -0.2) is 4.98 Å². The van der Waals surface area contributed by atoms with Gasteiger partial charge in [-0.1, -0.05) is 6.07 Å². The number of pyridine rings is 1. The van der Waals surface area contributed by atoms with E-state index >= 15 is 0 Å². The van der Waals surface area contributed by atoms with E-state index in [2.05, 4.69) is 20.3 Å².